The summed E-state index contributed by atoms with van der Waals surface area (Å²) in [5.74, 6) is -0.548. The molecule has 1 atom stereocenters. The zero-order valence-corrected chi connectivity index (χ0v) is 23.1. The minimum absolute atomic E-state index is 0.0992. The smallest absolute Gasteiger partial charge is 0.244 e. The predicted octanol–water partition coefficient (Wildman–Crippen LogP) is 4.56. The second-order valence-corrected chi connectivity index (χ2v) is 12.4. The molecule has 2 rings (SSSR count). The van der Waals surface area contributed by atoms with Gasteiger partial charge in [-0.15, -0.1) is 0 Å². The van der Waals surface area contributed by atoms with E-state index in [0.29, 0.717) is 10.7 Å². The molecule has 0 bridgehead atoms. The largest absolute Gasteiger partial charge is 0.350 e. The minimum Gasteiger partial charge on any atom is -0.350 e. The molecule has 7 nitrogen and oxygen atoms in total. The van der Waals surface area contributed by atoms with E-state index in [-0.39, 0.29) is 18.4 Å². The summed E-state index contributed by atoms with van der Waals surface area (Å²) in [5, 5.41) is 3.40. The highest BCUT2D eigenvalue weighted by Gasteiger charge is 2.31. The Bertz CT molecular complexity index is 1140. The summed E-state index contributed by atoms with van der Waals surface area (Å²) >= 11 is 6.13. The number of nitrogens with zero attached hydrogens (tertiary/aromatic N) is 2. The number of halogens is 1. The van der Waals surface area contributed by atoms with E-state index in [1.165, 1.54) is 4.90 Å². The van der Waals surface area contributed by atoms with Crippen molar-refractivity contribution in [3.05, 3.63) is 64.7 Å². The Morgan fingerprint density at radius 1 is 1.03 bits per heavy atom. The first kappa shape index (κ1) is 28.7. The van der Waals surface area contributed by atoms with Crippen LogP contribution in [0.3, 0.4) is 0 Å². The van der Waals surface area contributed by atoms with Gasteiger partial charge in [-0.2, -0.15) is 0 Å². The summed E-state index contributed by atoms with van der Waals surface area (Å²) in [4.78, 5) is 27.9. The number of benzene rings is 2. The maximum Gasteiger partial charge on any atom is 0.244 e. The number of nitrogens with one attached hydrogen (secondary N) is 1. The molecule has 35 heavy (non-hydrogen) atoms. The van der Waals surface area contributed by atoms with Crippen LogP contribution in [0, 0.1) is 0 Å². The van der Waals surface area contributed by atoms with Gasteiger partial charge in [-0.05, 0) is 69.0 Å². The lowest BCUT2D eigenvalue weighted by Crippen LogP contribution is -2.54. The van der Waals surface area contributed by atoms with Crippen molar-refractivity contribution in [2.45, 2.75) is 65.6 Å². The molecule has 192 valence electrons. The highest BCUT2D eigenvalue weighted by Crippen LogP contribution is 2.23. The first-order chi connectivity index (χ1) is 16.1. The lowest BCUT2D eigenvalue weighted by molar-refractivity contribution is -0.140. The van der Waals surface area contributed by atoms with Crippen LogP contribution in [-0.2, 0) is 26.2 Å². The van der Waals surface area contributed by atoms with Crippen LogP contribution < -0.4 is 9.62 Å². The Hall–Kier alpha value is -2.58. The normalized spacial score (nSPS) is 12.8. The molecule has 0 radical (unpaired) electrons. The number of carbonyl (C=O) groups excluding carboxylic acids is 2. The van der Waals surface area contributed by atoms with Gasteiger partial charge in [-0.3, -0.25) is 13.9 Å². The van der Waals surface area contributed by atoms with Gasteiger partial charge in [-0.1, -0.05) is 49.7 Å². The Labute approximate surface area is 214 Å². The third kappa shape index (κ3) is 8.54. The standard InChI is InChI=1S/C26H36ClN3O4S/c1-18(2)21-11-13-23(14-12-21)30(35(7,33)34)17-24(31)29(16-20-9-8-10-22(27)15-20)19(3)25(32)28-26(4,5)6/h8-15,18-19H,16-17H2,1-7H3,(H,28,32). The van der Waals surface area contributed by atoms with Crippen molar-refractivity contribution in [3.63, 3.8) is 0 Å². The number of sulfonamides is 1. The fraction of sp³-hybridized carbons (Fsp3) is 0.462. The molecule has 2 amide bonds. The van der Waals surface area contributed by atoms with Gasteiger partial charge in [-0.25, -0.2) is 8.42 Å². The van der Waals surface area contributed by atoms with Crippen LogP contribution in [0.15, 0.2) is 48.5 Å². The zero-order valence-electron chi connectivity index (χ0n) is 21.5. The summed E-state index contributed by atoms with van der Waals surface area (Å²) in [6.07, 6.45) is 1.06. The lowest BCUT2D eigenvalue weighted by Gasteiger charge is -2.33. The van der Waals surface area contributed by atoms with Gasteiger partial charge < -0.3 is 10.2 Å². The molecular formula is C26H36ClN3O4S. The van der Waals surface area contributed by atoms with Gasteiger partial charge in [0.15, 0.2) is 0 Å². The molecule has 0 fully saturated rings. The first-order valence-electron chi connectivity index (χ1n) is 11.5. The average molecular weight is 522 g/mol. The van der Waals surface area contributed by atoms with Crippen molar-refractivity contribution in [1.29, 1.82) is 0 Å². The molecule has 1 N–H and O–H groups in total. The molecule has 0 saturated heterocycles. The molecule has 1 unspecified atom stereocenters. The monoisotopic (exact) mass is 521 g/mol. The van der Waals surface area contributed by atoms with Gasteiger partial charge >= 0.3 is 0 Å². The van der Waals surface area contributed by atoms with Crippen molar-refractivity contribution in [3.8, 4) is 0 Å². The van der Waals surface area contributed by atoms with E-state index in [0.717, 1.165) is 21.7 Å². The summed E-state index contributed by atoms with van der Waals surface area (Å²) in [6, 6.07) is 13.3. The highest BCUT2D eigenvalue weighted by molar-refractivity contribution is 7.92. The minimum atomic E-state index is -3.77. The number of hydrogen-bond donors (Lipinski definition) is 1. The van der Waals surface area contributed by atoms with Gasteiger partial charge in [0.25, 0.3) is 0 Å². The molecule has 0 aliphatic heterocycles. The van der Waals surface area contributed by atoms with E-state index in [4.69, 9.17) is 11.6 Å². The Balaban J connectivity index is 2.40. The van der Waals surface area contributed by atoms with Gasteiger partial charge in [0, 0.05) is 17.1 Å². The summed E-state index contributed by atoms with van der Waals surface area (Å²) in [5.41, 5.74) is 1.68. The van der Waals surface area contributed by atoms with Crippen molar-refractivity contribution in [2.24, 2.45) is 0 Å². The SMILES string of the molecule is CC(C)c1ccc(N(CC(=O)N(Cc2cccc(Cl)c2)C(C)C(=O)NC(C)(C)C)S(C)(=O)=O)cc1. The van der Waals surface area contributed by atoms with Crippen LogP contribution in [-0.4, -0.2) is 49.5 Å². The van der Waals surface area contributed by atoms with Crippen LogP contribution in [0.2, 0.25) is 5.02 Å². The van der Waals surface area contributed by atoms with E-state index < -0.39 is 34.1 Å². The van der Waals surface area contributed by atoms with Crippen LogP contribution in [0.4, 0.5) is 5.69 Å². The first-order valence-corrected chi connectivity index (χ1v) is 13.7. The van der Waals surface area contributed by atoms with Crippen LogP contribution in [0.5, 0.6) is 0 Å². The maximum absolute atomic E-state index is 13.6. The molecular weight excluding hydrogens is 486 g/mol. The number of amides is 2. The number of anilines is 1. The third-order valence-electron chi connectivity index (χ3n) is 5.43. The zero-order chi connectivity index (χ0) is 26.6. The van der Waals surface area contributed by atoms with E-state index in [1.54, 1.807) is 43.3 Å². The van der Waals surface area contributed by atoms with E-state index in [2.05, 4.69) is 5.32 Å². The predicted molar refractivity (Wildman–Crippen MR) is 142 cm³/mol. The van der Waals surface area contributed by atoms with E-state index >= 15 is 0 Å². The molecule has 0 spiro atoms. The lowest BCUT2D eigenvalue weighted by atomic mass is 10.0. The van der Waals surface area contributed by atoms with E-state index in [9.17, 15) is 18.0 Å². The quantitative estimate of drug-likeness (QED) is 0.524. The third-order valence-corrected chi connectivity index (χ3v) is 6.81. The number of carbonyl (C=O) groups is 2. The van der Waals surface area contributed by atoms with Crippen molar-refractivity contribution < 1.29 is 18.0 Å². The average Bonchev–Trinajstić information content (AvgIpc) is 2.73. The second kappa shape index (κ2) is 11.4. The maximum atomic E-state index is 13.6. The Kier molecular flexibility index (Phi) is 9.36. The fourth-order valence-electron chi connectivity index (χ4n) is 3.53. The van der Waals surface area contributed by atoms with Gasteiger partial charge in [0.2, 0.25) is 21.8 Å². The van der Waals surface area contributed by atoms with Crippen molar-refractivity contribution in [1.82, 2.24) is 10.2 Å². The topological polar surface area (TPSA) is 86.8 Å². The van der Waals surface area contributed by atoms with Crippen molar-refractivity contribution >= 4 is 39.1 Å². The number of rotatable bonds is 9. The van der Waals surface area contributed by atoms with Crippen molar-refractivity contribution in [2.75, 3.05) is 17.1 Å². The second-order valence-electron chi connectivity index (χ2n) is 10.1. The summed E-state index contributed by atoms with van der Waals surface area (Å²) in [7, 11) is -3.77. The molecule has 0 aliphatic carbocycles. The summed E-state index contributed by atoms with van der Waals surface area (Å²) < 4.78 is 26.4. The van der Waals surface area contributed by atoms with Crippen LogP contribution in [0.25, 0.3) is 0 Å². The molecule has 2 aromatic carbocycles. The Morgan fingerprint density at radius 2 is 1.63 bits per heavy atom. The van der Waals surface area contributed by atoms with Crippen LogP contribution in [0.1, 0.15) is 58.6 Å². The van der Waals surface area contributed by atoms with Gasteiger partial charge in [0.05, 0.1) is 11.9 Å². The highest BCUT2D eigenvalue weighted by atomic mass is 35.5. The molecule has 2 aromatic rings. The molecule has 9 heteroatoms. The summed E-state index contributed by atoms with van der Waals surface area (Å²) in [6.45, 7) is 10.9. The molecule has 0 aliphatic rings. The van der Waals surface area contributed by atoms with Gasteiger partial charge in [0.1, 0.15) is 12.6 Å². The molecule has 0 heterocycles. The fourth-order valence-corrected chi connectivity index (χ4v) is 4.59. The van der Waals surface area contributed by atoms with Crippen LogP contribution >= 0.6 is 11.6 Å². The molecule has 0 saturated carbocycles. The number of hydrogen-bond acceptors (Lipinski definition) is 4. The van der Waals surface area contributed by atoms with E-state index in [1.807, 2.05) is 46.8 Å². The Morgan fingerprint density at radius 3 is 2.11 bits per heavy atom. The molecule has 0 aromatic heterocycles.